The van der Waals surface area contributed by atoms with E-state index in [1.54, 1.807) is 9.80 Å². The predicted octanol–water partition coefficient (Wildman–Crippen LogP) is 8.43. The van der Waals surface area contributed by atoms with Crippen molar-refractivity contribution in [2.24, 2.45) is 0 Å². The van der Waals surface area contributed by atoms with Gasteiger partial charge < -0.3 is 19.3 Å². The Labute approximate surface area is 245 Å². The number of benzene rings is 4. The van der Waals surface area contributed by atoms with Gasteiger partial charge >= 0.3 is 12.4 Å². The minimum absolute atomic E-state index is 0.0849. The van der Waals surface area contributed by atoms with E-state index in [-0.39, 0.29) is 49.2 Å². The number of ether oxygens (including phenoxy) is 2. The fourth-order valence-electron chi connectivity index (χ4n) is 5.78. The Morgan fingerprint density at radius 3 is 1.26 bits per heavy atom. The van der Waals surface area contributed by atoms with Crippen LogP contribution < -0.4 is 19.3 Å². The van der Waals surface area contributed by atoms with E-state index in [0.717, 1.165) is 46.8 Å². The molecule has 4 aromatic rings. The van der Waals surface area contributed by atoms with Gasteiger partial charge in [0.25, 0.3) is 0 Å². The molecule has 0 amide bonds. The molecule has 0 fully saturated rings. The number of fused-ring (bicyclic) bond motifs is 2. The van der Waals surface area contributed by atoms with Crippen molar-refractivity contribution in [1.29, 1.82) is 0 Å². The van der Waals surface area contributed by atoms with Crippen molar-refractivity contribution in [3.05, 3.63) is 118 Å². The van der Waals surface area contributed by atoms with Crippen LogP contribution in [0.1, 0.15) is 33.4 Å². The molecule has 10 heteroatoms. The Morgan fingerprint density at radius 2 is 0.907 bits per heavy atom. The monoisotopic (exact) mass is 598 g/mol. The van der Waals surface area contributed by atoms with Gasteiger partial charge in [-0.25, -0.2) is 0 Å². The number of hydrogen-bond donors (Lipinski definition) is 0. The number of nitrogens with zero attached hydrogens (tertiary/aromatic N) is 2. The zero-order valence-electron chi connectivity index (χ0n) is 23.4. The molecule has 0 saturated carbocycles. The molecule has 43 heavy (non-hydrogen) atoms. The molecule has 2 aliphatic heterocycles. The first-order valence-corrected chi connectivity index (χ1v) is 13.7. The summed E-state index contributed by atoms with van der Waals surface area (Å²) in [7, 11) is 0. The van der Waals surface area contributed by atoms with E-state index >= 15 is 26.3 Å². The van der Waals surface area contributed by atoms with Gasteiger partial charge in [-0.15, -0.1) is 0 Å². The van der Waals surface area contributed by atoms with E-state index in [2.05, 4.69) is 0 Å². The number of halogens is 6. The molecular weight excluding hydrogens is 570 g/mol. The third kappa shape index (κ3) is 5.02. The fraction of sp³-hybridized carbons (Fsp3) is 0.273. The lowest BCUT2D eigenvalue weighted by Gasteiger charge is -2.40. The average molecular weight is 599 g/mol. The lowest BCUT2D eigenvalue weighted by molar-refractivity contribution is -0.288. The molecule has 0 aliphatic carbocycles. The van der Waals surface area contributed by atoms with Crippen LogP contribution in [0.15, 0.2) is 84.9 Å². The van der Waals surface area contributed by atoms with Crippen molar-refractivity contribution in [3.8, 4) is 11.5 Å². The topological polar surface area (TPSA) is 24.9 Å². The maximum Gasteiger partial charge on any atom is 0.411 e. The number of aryl methyl sites for hydroxylation is 2. The van der Waals surface area contributed by atoms with Gasteiger partial charge in [0.1, 0.15) is 11.5 Å². The van der Waals surface area contributed by atoms with E-state index in [9.17, 15) is 0 Å². The third-order valence-corrected chi connectivity index (χ3v) is 8.11. The zero-order chi connectivity index (χ0) is 30.6. The van der Waals surface area contributed by atoms with E-state index < -0.39 is 28.9 Å². The van der Waals surface area contributed by atoms with Gasteiger partial charge in [-0.2, -0.15) is 26.3 Å². The molecule has 2 heterocycles. The van der Waals surface area contributed by atoms with Crippen LogP contribution in [-0.4, -0.2) is 25.8 Å². The van der Waals surface area contributed by atoms with E-state index in [4.69, 9.17) is 9.47 Å². The number of alkyl halides is 6. The molecule has 0 bridgehead atoms. The molecule has 2 aliphatic rings. The molecule has 4 nitrogen and oxygen atoms in total. The Bertz CT molecular complexity index is 1510. The van der Waals surface area contributed by atoms with Crippen LogP contribution in [0.3, 0.4) is 0 Å². The number of anilines is 2. The molecule has 0 N–H and O–H groups in total. The van der Waals surface area contributed by atoms with Gasteiger partial charge in [-0.05, 0) is 73.5 Å². The summed E-state index contributed by atoms with van der Waals surface area (Å²) in [6.07, 6.45) is -11.4. The first-order valence-electron chi connectivity index (χ1n) is 13.7. The van der Waals surface area contributed by atoms with Crippen LogP contribution in [0.2, 0.25) is 0 Å². The van der Waals surface area contributed by atoms with Crippen molar-refractivity contribution >= 4 is 11.4 Å². The van der Waals surface area contributed by atoms with Gasteiger partial charge in [-0.3, -0.25) is 0 Å². The quantitative estimate of drug-likeness (QED) is 0.220. The summed E-state index contributed by atoms with van der Waals surface area (Å²) in [5, 5.41) is 0. The third-order valence-electron chi connectivity index (χ3n) is 8.11. The van der Waals surface area contributed by atoms with Gasteiger partial charge in [0.15, 0.2) is 13.5 Å². The Morgan fingerprint density at radius 1 is 0.535 bits per heavy atom. The zero-order valence-corrected chi connectivity index (χ0v) is 23.4. The summed E-state index contributed by atoms with van der Waals surface area (Å²) in [4.78, 5) is 3.51. The molecule has 0 aromatic heterocycles. The summed E-state index contributed by atoms with van der Waals surface area (Å²) in [5.74, 6) is 0.496. The Hall–Kier alpha value is -4.34. The van der Waals surface area contributed by atoms with Crippen molar-refractivity contribution in [1.82, 2.24) is 0 Å². The van der Waals surface area contributed by atoms with Crippen LogP contribution in [-0.2, 0) is 18.5 Å². The summed E-state index contributed by atoms with van der Waals surface area (Å²) in [5.41, 5.74) is -2.16. The SMILES string of the molecule is Cc1ccc(N2COc3ccc(C(c4ccc5c(c4)CN(c4ccc(C)cc4)CO5)(C(F)(F)F)C(F)(F)F)cc3C2)cc1. The number of hydrogen-bond acceptors (Lipinski definition) is 4. The summed E-state index contributed by atoms with van der Waals surface area (Å²) in [6, 6.07) is 20.9. The van der Waals surface area contributed by atoms with Crippen molar-refractivity contribution in [3.63, 3.8) is 0 Å². The van der Waals surface area contributed by atoms with Crippen LogP contribution in [0.25, 0.3) is 0 Å². The maximum atomic E-state index is 15.1. The molecule has 4 aromatic carbocycles. The predicted molar refractivity (Wildman–Crippen MR) is 151 cm³/mol. The smallest absolute Gasteiger partial charge is 0.411 e. The van der Waals surface area contributed by atoms with Crippen LogP contribution in [0.4, 0.5) is 37.7 Å². The lowest BCUT2D eigenvalue weighted by Crippen LogP contribution is -2.55. The van der Waals surface area contributed by atoms with Crippen molar-refractivity contribution in [2.45, 2.75) is 44.7 Å². The first kappa shape index (κ1) is 28.8. The molecule has 6 rings (SSSR count). The largest absolute Gasteiger partial charge is 0.473 e. The fourth-order valence-corrected chi connectivity index (χ4v) is 5.78. The first-order chi connectivity index (χ1) is 20.4. The second kappa shape index (κ2) is 10.4. The normalized spacial score (nSPS) is 15.3. The summed E-state index contributed by atoms with van der Waals surface area (Å²) < 4.78 is 102. The molecule has 0 radical (unpaired) electrons. The van der Waals surface area contributed by atoms with Gasteiger partial charge in [0.05, 0.1) is 0 Å². The highest BCUT2D eigenvalue weighted by Gasteiger charge is 2.72. The van der Waals surface area contributed by atoms with E-state index in [1.807, 2.05) is 62.4 Å². The van der Waals surface area contributed by atoms with Crippen LogP contribution in [0.5, 0.6) is 11.5 Å². The molecule has 0 unspecified atom stereocenters. The van der Waals surface area contributed by atoms with E-state index in [0.29, 0.717) is 0 Å². The standard InChI is InChI=1S/C33H28F6N2O2/c1-21-3-9-27(10-4-21)40-17-23-15-25(7-13-29(23)42-19-40)31(32(34,35)36,33(37,38)39)26-8-14-30-24(16-26)18-41(20-43-30)28-11-5-22(2)6-12-28/h3-16H,17-20H2,1-2H3. The van der Waals surface area contributed by atoms with Crippen molar-refractivity contribution < 1.29 is 35.8 Å². The molecule has 224 valence electrons. The maximum absolute atomic E-state index is 15.1. The second-order valence-corrected chi connectivity index (χ2v) is 11.0. The Kier molecular flexibility index (Phi) is 6.98. The highest BCUT2D eigenvalue weighted by atomic mass is 19.4. The van der Waals surface area contributed by atoms with E-state index in [1.165, 1.54) is 12.1 Å². The molecular formula is C33H28F6N2O2. The minimum Gasteiger partial charge on any atom is -0.473 e. The highest BCUT2D eigenvalue weighted by molar-refractivity contribution is 5.56. The molecule has 0 saturated heterocycles. The average Bonchev–Trinajstić information content (AvgIpc) is 2.96. The summed E-state index contributed by atoms with van der Waals surface area (Å²) >= 11 is 0. The van der Waals surface area contributed by atoms with Gasteiger partial charge in [0, 0.05) is 35.6 Å². The van der Waals surface area contributed by atoms with Crippen LogP contribution >= 0.6 is 0 Å². The molecule has 0 atom stereocenters. The highest BCUT2D eigenvalue weighted by Crippen LogP contribution is 2.57. The van der Waals surface area contributed by atoms with Gasteiger partial charge in [-0.1, -0.05) is 47.5 Å². The second-order valence-electron chi connectivity index (χ2n) is 11.0. The summed E-state index contributed by atoms with van der Waals surface area (Å²) in [6.45, 7) is 4.23. The molecule has 0 spiro atoms. The Balaban J connectivity index is 1.43. The minimum atomic E-state index is -5.72. The van der Waals surface area contributed by atoms with Gasteiger partial charge in [0.2, 0.25) is 5.41 Å². The lowest BCUT2D eigenvalue weighted by atomic mass is 9.72. The van der Waals surface area contributed by atoms with Crippen molar-refractivity contribution in [2.75, 3.05) is 23.3 Å². The number of rotatable bonds is 4. The van der Waals surface area contributed by atoms with Crippen LogP contribution in [0, 0.1) is 13.8 Å².